The van der Waals surface area contributed by atoms with E-state index in [0.717, 1.165) is 42.7 Å². The third-order valence-electron chi connectivity index (χ3n) is 4.67. The molecule has 0 atom stereocenters. The van der Waals surface area contributed by atoms with E-state index in [1.54, 1.807) is 11.9 Å². The number of aryl methyl sites for hydroxylation is 2. The van der Waals surface area contributed by atoms with E-state index in [1.807, 2.05) is 38.1 Å². The summed E-state index contributed by atoms with van der Waals surface area (Å²) in [5, 5.41) is 12.5. The Morgan fingerprint density at radius 2 is 2.04 bits per heavy atom. The Hall–Kier alpha value is -2.32. The van der Waals surface area contributed by atoms with Crippen LogP contribution in [-0.2, 0) is 4.79 Å². The number of nitrogens with zero attached hydrogens (tertiary/aromatic N) is 3. The van der Waals surface area contributed by atoms with Gasteiger partial charge in [0.1, 0.15) is 11.6 Å². The van der Waals surface area contributed by atoms with Crippen LogP contribution in [0.25, 0.3) is 0 Å². The van der Waals surface area contributed by atoms with Crippen LogP contribution in [-0.4, -0.2) is 48.9 Å². The molecule has 1 fully saturated rings. The number of piperidine rings is 1. The fourth-order valence-electron chi connectivity index (χ4n) is 2.92. The Kier molecular flexibility index (Phi) is 5.99. The van der Waals surface area contributed by atoms with E-state index in [1.165, 1.54) is 6.20 Å². The summed E-state index contributed by atoms with van der Waals surface area (Å²) in [6, 6.07) is 8.29. The Morgan fingerprint density at radius 3 is 2.67 bits per heavy atom. The van der Waals surface area contributed by atoms with Gasteiger partial charge in [-0.3, -0.25) is 4.79 Å². The molecule has 1 amide bonds. The summed E-state index contributed by atoms with van der Waals surface area (Å²) in [6.45, 7) is 5.97. The Labute approximate surface area is 144 Å². The zero-order valence-corrected chi connectivity index (χ0v) is 15.0. The van der Waals surface area contributed by atoms with Crippen molar-refractivity contribution in [2.24, 2.45) is 0 Å². The van der Waals surface area contributed by atoms with Crippen molar-refractivity contribution in [3.8, 4) is 6.07 Å². The fourth-order valence-corrected chi connectivity index (χ4v) is 2.92. The van der Waals surface area contributed by atoms with Gasteiger partial charge in [-0.15, -0.1) is 0 Å². The van der Waals surface area contributed by atoms with Crippen molar-refractivity contribution < 1.29 is 4.79 Å². The van der Waals surface area contributed by atoms with Gasteiger partial charge in [-0.1, -0.05) is 12.1 Å². The van der Waals surface area contributed by atoms with Crippen molar-refractivity contribution in [2.45, 2.75) is 32.7 Å². The van der Waals surface area contributed by atoms with E-state index in [0.29, 0.717) is 0 Å². The van der Waals surface area contributed by atoms with Crippen LogP contribution in [0, 0.1) is 25.2 Å². The molecule has 128 valence electrons. The number of hydrogen-bond donors (Lipinski definition) is 1. The van der Waals surface area contributed by atoms with Crippen LogP contribution in [0.1, 0.15) is 24.0 Å². The summed E-state index contributed by atoms with van der Waals surface area (Å²) in [6.07, 6.45) is 3.42. The van der Waals surface area contributed by atoms with Gasteiger partial charge in [-0.2, -0.15) is 5.26 Å². The van der Waals surface area contributed by atoms with Crippen LogP contribution < -0.4 is 5.32 Å². The van der Waals surface area contributed by atoms with Crippen LogP contribution in [0.3, 0.4) is 0 Å². The fraction of sp³-hybridized carbons (Fsp3) is 0.474. The topological polar surface area (TPSA) is 59.4 Å². The minimum absolute atomic E-state index is 0.136. The number of hydrogen-bond acceptors (Lipinski definition) is 4. The molecule has 2 rings (SSSR count). The smallest absolute Gasteiger partial charge is 0.266 e. The molecule has 5 nitrogen and oxygen atoms in total. The number of likely N-dealkylation sites (tertiary alicyclic amines) is 1. The van der Waals surface area contributed by atoms with Crippen molar-refractivity contribution >= 4 is 11.6 Å². The van der Waals surface area contributed by atoms with Crippen molar-refractivity contribution in [1.82, 2.24) is 9.80 Å². The standard InChI is InChI=1S/C19H26N4O/c1-14-5-6-15(2)18(11-14)21-13-16(12-20)19(24)23(4)17-7-9-22(3)10-8-17/h5-6,11,13,17,21H,7-10H2,1-4H3/b16-13-. The minimum atomic E-state index is -0.218. The van der Waals surface area contributed by atoms with Crippen LogP contribution >= 0.6 is 0 Å². The van der Waals surface area contributed by atoms with Crippen molar-refractivity contribution in [3.63, 3.8) is 0 Å². The molecule has 0 saturated carbocycles. The SMILES string of the molecule is Cc1ccc(C)c(N/C=C(/C#N)C(=O)N(C)C2CCN(C)CC2)c1. The molecule has 0 radical (unpaired) electrons. The second-order valence-electron chi connectivity index (χ2n) is 6.58. The molecular weight excluding hydrogens is 300 g/mol. The van der Waals surface area contributed by atoms with Gasteiger partial charge in [0, 0.05) is 25.0 Å². The van der Waals surface area contributed by atoms with E-state index in [9.17, 15) is 10.1 Å². The summed E-state index contributed by atoms with van der Waals surface area (Å²) in [4.78, 5) is 16.6. The van der Waals surface area contributed by atoms with Gasteiger partial charge in [-0.25, -0.2) is 0 Å². The molecule has 1 aromatic rings. The second-order valence-corrected chi connectivity index (χ2v) is 6.58. The van der Waals surface area contributed by atoms with Crippen LogP contribution in [0.4, 0.5) is 5.69 Å². The summed E-state index contributed by atoms with van der Waals surface area (Å²) in [5.41, 5.74) is 3.25. The van der Waals surface area contributed by atoms with E-state index in [4.69, 9.17) is 0 Å². The predicted octanol–water partition coefficient (Wildman–Crippen LogP) is 2.68. The van der Waals surface area contributed by atoms with Crippen molar-refractivity contribution in [2.75, 3.05) is 32.5 Å². The molecule has 1 aliphatic heterocycles. The Bertz CT molecular complexity index is 666. The van der Waals surface area contributed by atoms with Crippen molar-refractivity contribution in [3.05, 3.63) is 41.1 Å². The Morgan fingerprint density at radius 1 is 1.38 bits per heavy atom. The number of nitrogens with one attached hydrogen (secondary N) is 1. The minimum Gasteiger partial charge on any atom is -0.360 e. The first-order valence-corrected chi connectivity index (χ1v) is 8.32. The lowest BCUT2D eigenvalue weighted by molar-refractivity contribution is -0.128. The van der Waals surface area contributed by atoms with E-state index in [2.05, 4.69) is 17.3 Å². The third-order valence-corrected chi connectivity index (χ3v) is 4.67. The van der Waals surface area contributed by atoms with Crippen LogP contribution in [0.15, 0.2) is 30.0 Å². The normalized spacial score (nSPS) is 16.5. The van der Waals surface area contributed by atoms with Gasteiger partial charge in [0.25, 0.3) is 5.91 Å². The first-order valence-electron chi connectivity index (χ1n) is 8.32. The first kappa shape index (κ1) is 18.0. The molecule has 1 aliphatic rings. The lowest BCUT2D eigenvalue weighted by atomic mass is 10.0. The maximum absolute atomic E-state index is 12.6. The van der Waals surface area contributed by atoms with Crippen LogP contribution in [0.5, 0.6) is 0 Å². The highest BCUT2D eigenvalue weighted by Crippen LogP contribution is 2.18. The largest absolute Gasteiger partial charge is 0.360 e. The molecule has 0 aliphatic carbocycles. The summed E-state index contributed by atoms with van der Waals surface area (Å²) >= 11 is 0. The third kappa shape index (κ3) is 4.36. The number of nitriles is 1. The molecule has 24 heavy (non-hydrogen) atoms. The van der Waals surface area contributed by atoms with Gasteiger partial charge < -0.3 is 15.1 Å². The summed E-state index contributed by atoms with van der Waals surface area (Å²) in [7, 11) is 3.88. The maximum Gasteiger partial charge on any atom is 0.266 e. The highest BCUT2D eigenvalue weighted by Gasteiger charge is 2.25. The summed E-state index contributed by atoms with van der Waals surface area (Å²) < 4.78 is 0. The molecule has 1 heterocycles. The number of benzene rings is 1. The average molecular weight is 326 g/mol. The molecule has 0 bridgehead atoms. The van der Waals surface area contributed by atoms with Gasteiger partial charge >= 0.3 is 0 Å². The highest BCUT2D eigenvalue weighted by atomic mass is 16.2. The van der Waals surface area contributed by atoms with Gasteiger partial charge in [0.15, 0.2) is 0 Å². The molecule has 1 aromatic carbocycles. The number of anilines is 1. The van der Waals surface area contributed by atoms with E-state index >= 15 is 0 Å². The zero-order valence-electron chi connectivity index (χ0n) is 15.0. The predicted molar refractivity (Wildman–Crippen MR) is 96.5 cm³/mol. The molecular formula is C19H26N4O. The lowest BCUT2D eigenvalue weighted by Crippen LogP contribution is -2.44. The van der Waals surface area contributed by atoms with Gasteiger partial charge in [-0.05, 0) is 64.0 Å². The molecule has 1 saturated heterocycles. The number of carbonyl (C=O) groups is 1. The van der Waals surface area contributed by atoms with E-state index < -0.39 is 0 Å². The molecule has 0 aromatic heterocycles. The first-order chi connectivity index (χ1) is 11.4. The summed E-state index contributed by atoms with van der Waals surface area (Å²) in [5.74, 6) is -0.218. The monoisotopic (exact) mass is 326 g/mol. The average Bonchev–Trinajstić information content (AvgIpc) is 2.58. The molecule has 0 unspecified atom stereocenters. The quantitative estimate of drug-likeness (QED) is 0.683. The highest BCUT2D eigenvalue weighted by molar-refractivity contribution is 5.97. The number of amides is 1. The lowest BCUT2D eigenvalue weighted by Gasteiger charge is -2.35. The van der Waals surface area contributed by atoms with E-state index in [-0.39, 0.29) is 17.5 Å². The number of rotatable bonds is 4. The Balaban J connectivity index is 2.08. The number of carbonyl (C=O) groups excluding carboxylic acids is 1. The molecule has 0 spiro atoms. The van der Waals surface area contributed by atoms with Crippen molar-refractivity contribution in [1.29, 1.82) is 5.26 Å². The molecule has 5 heteroatoms. The molecule has 1 N–H and O–H groups in total. The zero-order chi connectivity index (χ0) is 17.7. The van der Waals surface area contributed by atoms with Gasteiger partial charge in [0.05, 0.1) is 0 Å². The number of likely N-dealkylation sites (N-methyl/N-ethyl adjacent to an activating group) is 1. The van der Waals surface area contributed by atoms with Crippen LogP contribution in [0.2, 0.25) is 0 Å². The maximum atomic E-state index is 12.6. The second kappa shape index (κ2) is 7.98. The van der Waals surface area contributed by atoms with Gasteiger partial charge in [0.2, 0.25) is 0 Å².